The molecule has 26 heavy (non-hydrogen) atoms. The molecular formula is C18H25FN4O3. The van der Waals surface area contributed by atoms with Crippen LogP contribution < -0.4 is 0 Å². The molecule has 142 valence electrons. The second-order valence-electron chi connectivity index (χ2n) is 7.62. The van der Waals surface area contributed by atoms with E-state index in [1.807, 2.05) is 9.80 Å². The zero-order valence-corrected chi connectivity index (χ0v) is 15.1. The van der Waals surface area contributed by atoms with Crippen molar-refractivity contribution in [3.63, 3.8) is 0 Å². The first-order valence-electron chi connectivity index (χ1n) is 9.52. The Morgan fingerprint density at radius 3 is 2.42 bits per heavy atom. The van der Waals surface area contributed by atoms with Crippen LogP contribution in [-0.2, 0) is 14.3 Å². The van der Waals surface area contributed by atoms with Crippen molar-refractivity contribution in [2.24, 2.45) is 27.7 Å². The minimum Gasteiger partial charge on any atom is -0.381 e. The van der Waals surface area contributed by atoms with Crippen molar-refractivity contribution in [3.8, 4) is 0 Å². The van der Waals surface area contributed by atoms with Crippen molar-refractivity contribution < 1.29 is 18.7 Å². The third-order valence-electron chi connectivity index (χ3n) is 5.98. The van der Waals surface area contributed by atoms with Crippen molar-refractivity contribution in [2.75, 3.05) is 39.4 Å². The van der Waals surface area contributed by atoms with Gasteiger partial charge in [-0.15, -0.1) is 0 Å². The molecule has 0 saturated carbocycles. The lowest BCUT2D eigenvalue weighted by atomic mass is 9.99. The number of alkyl halides is 1. The predicted molar refractivity (Wildman–Crippen MR) is 93.7 cm³/mol. The first-order chi connectivity index (χ1) is 12.6. The van der Waals surface area contributed by atoms with Crippen molar-refractivity contribution >= 4 is 23.5 Å². The summed E-state index contributed by atoms with van der Waals surface area (Å²) in [7, 11) is 0. The summed E-state index contributed by atoms with van der Waals surface area (Å²) in [5.41, 5.74) is 0.258. The van der Waals surface area contributed by atoms with Gasteiger partial charge in [0.2, 0.25) is 18.0 Å². The van der Waals surface area contributed by atoms with Gasteiger partial charge in [-0.1, -0.05) is 6.92 Å². The van der Waals surface area contributed by atoms with Crippen molar-refractivity contribution in [1.82, 2.24) is 9.80 Å². The zero-order valence-electron chi connectivity index (χ0n) is 15.1. The third kappa shape index (κ3) is 3.15. The van der Waals surface area contributed by atoms with E-state index < -0.39 is 12.1 Å². The SMILES string of the molecule is CCC1=NC(N2CC3CN(C(=O)C4CCOCC4)CC3C2)=NC(=O)C1F. The minimum absolute atomic E-state index is 0.0946. The number of guanidine groups is 1. The molecule has 0 radical (unpaired) electrons. The lowest BCUT2D eigenvalue weighted by Crippen LogP contribution is -2.41. The van der Waals surface area contributed by atoms with E-state index in [1.165, 1.54) is 0 Å². The molecule has 4 aliphatic rings. The van der Waals surface area contributed by atoms with E-state index in [2.05, 4.69) is 9.98 Å². The summed E-state index contributed by atoms with van der Waals surface area (Å²) in [5, 5.41) is 0. The number of amides is 2. The monoisotopic (exact) mass is 364 g/mol. The van der Waals surface area contributed by atoms with Gasteiger partial charge in [0.25, 0.3) is 5.91 Å². The maximum atomic E-state index is 13.8. The molecule has 3 atom stereocenters. The van der Waals surface area contributed by atoms with Crippen LogP contribution in [0.25, 0.3) is 0 Å². The van der Waals surface area contributed by atoms with E-state index in [0.29, 0.717) is 50.5 Å². The molecule has 2 amide bonds. The highest BCUT2D eigenvalue weighted by Crippen LogP contribution is 2.33. The van der Waals surface area contributed by atoms with E-state index in [1.54, 1.807) is 6.92 Å². The number of carbonyl (C=O) groups excluding carboxylic acids is 2. The number of rotatable bonds is 2. The molecule has 4 aliphatic heterocycles. The van der Waals surface area contributed by atoms with E-state index >= 15 is 0 Å². The molecule has 0 N–H and O–H groups in total. The van der Waals surface area contributed by atoms with Crippen molar-refractivity contribution in [2.45, 2.75) is 32.4 Å². The number of hydrogen-bond acceptors (Lipinski definition) is 5. The Bertz CT molecular complexity index is 645. The highest BCUT2D eigenvalue weighted by Gasteiger charge is 2.44. The Morgan fingerprint density at radius 2 is 1.81 bits per heavy atom. The fourth-order valence-corrected chi connectivity index (χ4v) is 4.45. The normalized spacial score (nSPS) is 32.5. The first kappa shape index (κ1) is 17.6. The minimum atomic E-state index is -1.70. The predicted octanol–water partition coefficient (Wildman–Crippen LogP) is 0.888. The second kappa shape index (κ2) is 7.06. The molecule has 0 spiro atoms. The number of fused-ring (bicyclic) bond motifs is 1. The van der Waals surface area contributed by atoms with Crippen molar-refractivity contribution in [1.29, 1.82) is 0 Å². The number of nitrogens with zero attached hydrogens (tertiary/aromatic N) is 4. The molecule has 0 aliphatic carbocycles. The van der Waals surface area contributed by atoms with Gasteiger partial charge < -0.3 is 14.5 Å². The average molecular weight is 364 g/mol. The van der Waals surface area contributed by atoms with E-state index in [9.17, 15) is 14.0 Å². The third-order valence-corrected chi connectivity index (χ3v) is 5.98. The van der Waals surface area contributed by atoms with Crippen LogP contribution in [0.4, 0.5) is 4.39 Å². The van der Waals surface area contributed by atoms with Gasteiger partial charge in [0, 0.05) is 57.1 Å². The smallest absolute Gasteiger partial charge is 0.289 e. The largest absolute Gasteiger partial charge is 0.381 e. The van der Waals surface area contributed by atoms with E-state index in [4.69, 9.17) is 4.74 Å². The number of aliphatic imine (C=N–C) groups is 2. The van der Waals surface area contributed by atoms with Crippen LogP contribution in [0.2, 0.25) is 0 Å². The van der Waals surface area contributed by atoms with Gasteiger partial charge in [0.1, 0.15) is 0 Å². The number of hydrogen-bond donors (Lipinski definition) is 0. The van der Waals surface area contributed by atoms with Gasteiger partial charge in [-0.2, -0.15) is 4.99 Å². The first-order valence-corrected chi connectivity index (χ1v) is 9.52. The van der Waals surface area contributed by atoms with Crippen LogP contribution in [0.5, 0.6) is 0 Å². The molecule has 0 aromatic heterocycles. The van der Waals surface area contributed by atoms with Crippen LogP contribution >= 0.6 is 0 Å². The number of carbonyl (C=O) groups is 2. The fourth-order valence-electron chi connectivity index (χ4n) is 4.45. The summed E-state index contributed by atoms with van der Waals surface area (Å²) >= 11 is 0. The van der Waals surface area contributed by atoms with Crippen LogP contribution in [0.3, 0.4) is 0 Å². The lowest BCUT2D eigenvalue weighted by Gasteiger charge is -2.28. The molecule has 0 bridgehead atoms. The quantitative estimate of drug-likeness (QED) is 0.729. The number of halogens is 1. The van der Waals surface area contributed by atoms with Gasteiger partial charge in [0.05, 0.1) is 5.71 Å². The van der Waals surface area contributed by atoms with Gasteiger partial charge >= 0.3 is 0 Å². The summed E-state index contributed by atoms with van der Waals surface area (Å²) in [4.78, 5) is 36.5. The summed E-state index contributed by atoms with van der Waals surface area (Å²) in [6, 6.07) is 0. The molecule has 4 rings (SSSR count). The van der Waals surface area contributed by atoms with Gasteiger partial charge in [-0.25, -0.2) is 9.38 Å². The maximum Gasteiger partial charge on any atom is 0.289 e. The molecule has 8 heteroatoms. The zero-order chi connectivity index (χ0) is 18.3. The summed E-state index contributed by atoms with van der Waals surface area (Å²) in [6.07, 6.45) is 0.335. The molecule has 3 fully saturated rings. The summed E-state index contributed by atoms with van der Waals surface area (Å²) in [6.45, 7) is 6.05. The fraction of sp³-hybridized carbons (Fsp3) is 0.778. The highest BCUT2D eigenvalue weighted by atomic mass is 19.1. The van der Waals surface area contributed by atoms with Gasteiger partial charge in [0.15, 0.2) is 0 Å². The Labute approximate surface area is 152 Å². The Balaban J connectivity index is 1.38. The maximum absolute atomic E-state index is 13.8. The van der Waals surface area contributed by atoms with Gasteiger partial charge in [-0.3, -0.25) is 9.59 Å². The highest BCUT2D eigenvalue weighted by molar-refractivity contribution is 6.17. The Kier molecular flexibility index (Phi) is 4.77. The average Bonchev–Trinajstić information content (AvgIpc) is 3.23. The molecule has 7 nitrogen and oxygen atoms in total. The molecule has 3 saturated heterocycles. The standard InChI is InChI=1S/C18H25FN4O3/c1-2-14-15(19)16(24)21-18(20-14)23-9-12-7-22(8-13(12)10-23)17(25)11-3-5-26-6-4-11/h11-13,15H,2-10H2,1H3. The molecular weight excluding hydrogens is 339 g/mol. The van der Waals surface area contributed by atoms with E-state index in [0.717, 1.165) is 25.9 Å². The second-order valence-corrected chi connectivity index (χ2v) is 7.62. The Hall–Kier alpha value is -1.83. The summed E-state index contributed by atoms with van der Waals surface area (Å²) < 4.78 is 19.1. The van der Waals surface area contributed by atoms with Crippen LogP contribution in [0.1, 0.15) is 26.2 Å². The van der Waals surface area contributed by atoms with Crippen molar-refractivity contribution in [3.05, 3.63) is 0 Å². The molecule has 0 aromatic rings. The lowest BCUT2D eigenvalue weighted by molar-refractivity contribution is -0.137. The van der Waals surface area contributed by atoms with Crippen LogP contribution in [0.15, 0.2) is 9.98 Å². The molecule has 4 heterocycles. The van der Waals surface area contributed by atoms with E-state index in [-0.39, 0.29) is 17.5 Å². The number of ether oxygens (including phenoxy) is 1. The van der Waals surface area contributed by atoms with Crippen LogP contribution in [-0.4, -0.2) is 78.8 Å². The van der Waals surface area contributed by atoms with Crippen LogP contribution in [0, 0.1) is 17.8 Å². The molecule has 0 aromatic carbocycles. The Morgan fingerprint density at radius 1 is 1.15 bits per heavy atom. The van der Waals surface area contributed by atoms with Gasteiger partial charge in [-0.05, 0) is 19.3 Å². The topological polar surface area (TPSA) is 74.6 Å². The molecule has 3 unspecified atom stereocenters. The number of likely N-dealkylation sites (tertiary alicyclic amines) is 2. The summed E-state index contributed by atoms with van der Waals surface area (Å²) in [5.74, 6) is 0.667.